The van der Waals surface area contributed by atoms with E-state index >= 15 is 0 Å². The van der Waals surface area contributed by atoms with Gasteiger partial charge >= 0.3 is 0 Å². The zero-order valence-corrected chi connectivity index (χ0v) is 7.46. The molecule has 0 aromatic heterocycles. The van der Waals surface area contributed by atoms with Gasteiger partial charge in [0, 0.05) is 20.3 Å². The van der Waals surface area contributed by atoms with Crippen molar-refractivity contribution in [2.75, 3.05) is 20.3 Å². The number of carbonyl (C=O) groups excluding carboxylic acids is 1. The minimum absolute atomic E-state index is 0.214. The molecule has 0 saturated heterocycles. The van der Waals surface area contributed by atoms with Crippen LogP contribution in [0.5, 0.6) is 0 Å². The second-order valence-electron chi connectivity index (χ2n) is 2.49. The molecule has 0 radical (unpaired) electrons. The van der Waals surface area contributed by atoms with Crippen LogP contribution in [-0.2, 0) is 9.53 Å². The maximum absolute atomic E-state index is 11.0. The van der Waals surface area contributed by atoms with E-state index in [1.807, 2.05) is 6.07 Å². The molecule has 0 spiro atoms. The monoisotopic (exact) mass is 170 g/mol. The molecule has 1 N–H and O–H groups in total. The Morgan fingerprint density at radius 2 is 2.42 bits per heavy atom. The van der Waals surface area contributed by atoms with Gasteiger partial charge in [-0.05, 0) is 13.3 Å². The first-order valence-electron chi connectivity index (χ1n) is 3.88. The highest BCUT2D eigenvalue weighted by molar-refractivity contribution is 5.80. The summed E-state index contributed by atoms with van der Waals surface area (Å²) in [6.45, 7) is 2.77. The maximum atomic E-state index is 11.0. The first kappa shape index (κ1) is 10.9. The summed E-state index contributed by atoms with van der Waals surface area (Å²) in [7, 11) is 1.61. The van der Waals surface area contributed by atoms with Crippen molar-refractivity contribution in [3.63, 3.8) is 0 Å². The largest absolute Gasteiger partial charge is 0.385 e. The molecule has 0 aromatic rings. The van der Waals surface area contributed by atoms with Crippen molar-refractivity contribution in [1.82, 2.24) is 5.32 Å². The van der Waals surface area contributed by atoms with Crippen LogP contribution in [0.3, 0.4) is 0 Å². The highest BCUT2D eigenvalue weighted by atomic mass is 16.5. The highest BCUT2D eigenvalue weighted by Crippen LogP contribution is 1.90. The van der Waals surface area contributed by atoms with Crippen LogP contribution in [0.15, 0.2) is 0 Å². The van der Waals surface area contributed by atoms with Crippen LogP contribution in [-0.4, -0.2) is 26.2 Å². The molecule has 12 heavy (non-hydrogen) atoms. The lowest BCUT2D eigenvalue weighted by Gasteiger charge is -2.04. The molecule has 68 valence electrons. The smallest absolute Gasteiger partial charge is 0.237 e. The van der Waals surface area contributed by atoms with Crippen molar-refractivity contribution in [1.29, 1.82) is 5.26 Å². The molecule has 0 aliphatic carbocycles. The molecule has 0 bridgehead atoms. The number of carbonyl (C=O) groups is 1. The van der Waals surface area contributed by atoms with E-state index in [0.717, 1.165) is 6.42 Å². The van der Waals surface area contributed by atoms with Crippen LogP contribution in [0.25, 0.3) is 0 Å². The standard InChI is InChI=1S/C8H14N2O2/c1-7(6-9)8(11)10-4-3-5-12-2/h7H,3-5H2,1-2H3,(H,10,11). The normalized spacial score (nSPS) is 11.8. The predicted molar refractivity (Wildman–Crippen MR) is 44.3 cm³/mol. The molecule has 4 nitrogen and oxygen atoms in total. The molecule has 0 rings (SSSR count). The van der Waals surface area contributed by atoms with Gasteiger partial charge in [-0.3, -0.25) is 4.79 Å². The van der Waals surface area contributed by atoms with Gasteiger partial charge in [0.15, 0.2) is 0 Å². The SMILES string of the molecule is COCCCNC(=O)C(C)C#N. The summed E-state index contributed by atoms with van der Waals surface area (Å²) in [5.41, 5.74) is 0. The molecular weight excluding hydrogens is 156 g/mol. The van der Waals surface area contributed by atoms with Gasteiger partial charge in [0.25, 0.3) is 0 Å². The van der Waals surface area contributed by atoms with Crippen molar-refractivity contribution >= 4 is 5.91 Å². The van der Waals surface area contributed by atoms with Crippen LogP contribution >= 0.6 is 0 Å². The number of ether oxygens (including phenoxy) is 1. The molecule has 0 aliphatic rings. The van der Waals surface area contributed by atoms with Gasteiger partial charge in [-0.2, -0.15) is 5.26 Å². The summed E-state index contributed by atoms with van der Waals surface area (Å²) in [5.74, 6) is -0.777. The Bertz CT molecular complexity index is 174. The fraction of sp³-hybridized carbons (Fsp3) is 0.750. The quantitative estimate of drug-likeness (QED) is 0.603. The number of hydrogen-bond donors (Lipinski definition) is 1. The number of amides is 1. The van der Waals surface area contributed by atoms with E-state index in [1.165, 1.54) is 0 Å². The van der Waals surface area contributed by atoms with E-state index in [4.69, 9.17) is 10.00 Å². The predicted octanol–water partition coefficient (Wildman–Crippen LogP) is 0.299. The molecule has 0 fully saturated rings. The number of hydrogen-bond acceptors (Lipinski definition) is 3. The van der Waals surface area contributed by atoms with Crippen LogP contribution in [0.1, 0.15) is 13.3 Å². The van der Waals surface area contributed by atoms with E-state index in [1.54, 1.807) is 14.0 Å². The van der Waals surface area contributed by atoms with Crippen molar-refractivity contribution in [3.8, 4) is 6.07 Å². The summed E-state index contributed by atoms with van der Waals surface area (Å²) in [6.07, 6.45) is 0.778. The van der Waals surface area contributed by atoms with Gasteiger partial charge in [-0.15, -0.1) is 0 Å². The molecular formula is C8H14N2O2. The van der Waals surface area contributed by atoms with E-state index in [0.29, 0.717) is 13.2 Å². The Morgan fingerprint density at radius 3 is 2.92 bits per heavy atom. The minimum Gasteiger partial charge on any atom is -0.385 e. The topological polar surface area (TPSA) is 62.1 Å². The summed E-state index contributed by atoms with van der Waals surface area (Å²) in [5, 5.41) is 11.0. The van der Waals surface area contributed by atoms with Crippen LogP contribution in [0, 0.1) is 17.2 Å². The molecule has 0 aromatic carbocycles. The number of nitrogens with zero attached hydrogens (tertiary/aromatic N) is 1. The zero-order valence-electron chi connectivity index (χ0n) is 7.46. The second kappa shape index (κ2) is 6.62. The van der Waals surface area contributed by atoms with Crippen LogP contribution in [0.2, 0.25) is 0 Å². The first-order valence-corrected chi connectivity index (χ1v) is 3.88. The van der Waals surface area contributed by atoms with Gasteiger partial charge in [0.05, 0.1) is 6.07 Å². The van der Waals surface area contributed by atoms with Gasteiger partial charge in [0.1, 0.15) is 5.92 Å². The van der Waals surface area contributed by atoms with Gasteiger partial charge in [-0.1, -0.05) is 0 Å². The highest BCUT2D eigenvalue weighted by Gasteiger charge is 2.09. The average molecular weight is 170 g/mol. The summed E-state index contributed by atoms with van der Waals surface area (Å²) in [4.78, 5) is 11.0. The third-order valence-corrected chi connectivity index (χ3v) is 1.41. The van der Waals surface area contributed by atoms with E-state index in [-0.39, 0.29) is 5.91 Å². The molecule has 0 heterocycles. The molecule has 0 saturated carbocycles. The Balaban J connectivity index is 3.39. The fourth-order valence-corrected chi connectivity index (χ4v) is 0.640. The van der Waals surface area contributed by atoms with Gasteiger partial charge in [0.2, 0.25) is 5.91 Å². The Morgan fingerprint density at radius 1 is 1.75 bits per heavy atom. The molecule has 4 heteroatoms. The second-order valence-corrected chi connectivity index (χ2v) is 2.49. The Hall–Kier alpha value is -1.08. The van der Waals surface area contributed by atoms with Gasteiger partial charge in [-0.25, -0.2) is 0 Å². The van der Waals surface area contributed by atoms with Crippen molar-refractivity contribution < 1.29 is 9.53 Å². The third-order valence-electron chi connectivity index (χ3n) is 1.41. The summed E-state index contributed by atoms with van der Waals surface area (Å²) < 4.78 is 4.79. The van der Waals surface area contributed by atoms with E-state index in [9.17, 15) is 4.79 Å². The third kappa shape index (κ3) is 4.69. The minimum atomic E-state index is -0.562. The maximum Gasteiger partial charge on any atom is 0.237 e. The number of nitrogens with one attached hydrogen (secondary N) is 1. The van der Waals surface area contributed by atoms with Crippen molar-refractivity contribution in [2.45, 2.75) is 13.3 Å². The van der Waals surface area contributed by atoms with Crippen molar-refractivity contribution in [3.05, 3.63) is 0 Å². The Labute approximate surface area is 72.5 Å². The summed E-state index contributed by atoms with van der Waals surface area (Å²) in [6, 6.07) is 1.86. The lowest BCUT2D eigenvalue weighted by Crippen LogP contribution is -2.29. The first-order chi connectivity index (χ1) is 5.72. The lowest BCUT2D eigenvalue weighted by atomic mass is 10.2. The number of methoxy groups -OCH3 is 1. The lowest BCUT2D eigenvalue weighted by molar-refractivity contribution is -0.122. The fourth-order valence-electron chi connectivity index (χ4n) is 0.640. The number of nitriles is 1. The van der Waals surface area contributed by atoms with Gasteiger partial charge < -0.3 is 10.1 Å². The van der Waals surface area contributed by atoms with E-state index < -0.39 is 5.92 Å². The van der Waals surface area contributed by atoms with Crippen LogP contribution < -0.4 is 5.32 Å². The van der Waals surface area contributed by atoms with E-state index in [2.05, 4.69) is 5.32 Å². The molecule has 1 unspecified atom stereocenters. The van der Waals surface area contributed by atoms with Crippen LogP contribution in [0.4, 0.5) is 0 Å². The molecule has 1 atom stereocenters. The molecule has 1 amide bonds. The molecule has 0 aliphatic heterocycles. The zero-order chi connectivity index (χ0) is 9.40. The summed E-state index contributed by atoms with van der Waals surface area (Å²) >= 11 is 0. The Kier molecular flexibility index (Phi) is 6.02. The van der Waals surface area contributed by atoms with Crippen molar-refractivity contribution in [2.24, 2.45) is 5.92 Å². The average Bonchev–Trinajstić information content (AvgIpc) is 2.10. The number of rotatable bonds is 5.